The number of likely N-dealkylation sites (N-methyl/N-ethyl adjacent to an activating group) is 1. The minimum Gasteiger partial charge on any atom is -0.465 e. The van der Waals surface area contributed by atoms with E-state index >= 15 is 0 Å². The number of nitrogens with one attached hydrogen (secondary N) is 1. The fourth-order valence-corrected chi connectivity index (χ4v) is 2.21. The number of halogens is 3. The maximum Gasteiger partial charge on any atom is 0.534 e. The van der Waals surface area contributed by atoms with Crippen LogP contribution in [0, 0.1) is 0 Å². The summed E-state index contributed by atoms with van der Waals surface area (Å²) in [6.45, 7) is 0.541. The van der Waals surface area contributed by atoms with Crippen molar-refractivity contribution in [3.63, 3.8) is 0 Å². The third-order valence-electron chi connectivity index (χ3n) is 2.99. The monoisotopic (exact) mass is 398 g/mol. The van der Waals surface area contributed by atoms with E-state index in [0.29, 0.717) is 6.54 Å². The summed E-state index contributed by atoms with van der Waals surface area (Å²) in [5.74, 6) is -3.13. The quantitative estimate of drug-likeness (QED) is 0.415. The van der Waals surface area contributed by atoms with Crippen LogP contribution in [0.15, 0.2) is 18.2 Å². The number of rotatable bonds is 7. The minimum absolute atomic E-state index is 0.125. The first-order chi connectivity index (χ1) is 11.9. The molecule has 0 unspecified atom stereocenters. The van der Waals surface area contributed by atoms with Crippen molar-refractivity contribution < 1.29 is 40.1 Å². The van der Waals surface area contributed by atoms with E-state index < -0.39 is 44.4 Å². The van der Waals surface area contributed by atoms with Crippen LogP contribution in [-0.4, -0.2) is 65.0 Å². The van der Waals surface area contributed by atoms with Gasteiger partial charge >= 0.3 is 21.6 Å². The second-order valence-electron chi connectivity index (χ2n) is 5.22. The molecule has 0 atom stereocenters. The van der Waals surface area contributed by atoms with Crippen molar-refractivity contribution >= 4 is 22.0 Å². The Morgan fingerprint density at radius 2 is 1.77 bits per heavy atom. The van der Waals surface area contributed by atoms with Gasteiger partial charge in [0, 0.05) is 13.1 Å². The number of carbonyl (C=O) groups excluding carboxylic acids is 2. The lowest BCUT2D eigenvalue weighted by molar-refractivity contribution is -0.0500. The molecule has 12 heteroatoms. The molecule has 1 aromatic carbocycles. The maximum absolute atomic E-state index is 12.6. The summed E-state index contributed by atoms with van der Waals surface area (Å²) in [6, 6.07) is 3.18. The zero-order valence-corrected chi connectivity index (χ0v) is 14.9. The number of benzene rings is 1. The van der Waals surface area contributed by atoms with E-state index in [1.54, 1.807) is 19.0 Å². The highest BCUT2D eigenvalue weighted by atomic mass is 32.2. The molecule has 0 saturated heterocycles. The summed E-state index contributed by atoms with van der Waals surface area (Å²) in [5.41, 5.74) is -6.94. The normalized spacial score (nSPS) is 12.0. The summed E-state index contributed by atoms with van der Waals surface area (Å²) in [6.07, 6.45) is 0. The smallest absolute Gasteiger partial charge is 0.465 e. The molecule has 0 heterocycles. The third kappa shape index (κ3) is 5.33. The van der Waals surface area contributed by atoms with Gasteiger partial charge in [-0.15, -0.1) is 0 Å². The predicted octanol–water partition coefficient (Wildman–Crippen LogP) is 0.993. The van der Waals surface area contributed by atoms with Gasteiger partial charge in [-0.1, -0.05) is 6.07 Å². The number of carbonyl (C=O) groups is 2. The average molecular weight is 398 g/mol. The van der Waals surface area contributed by atoms with Gasteiger partial charge in [-0.2, -0.15) is 21.6 Å². The van der Waals surface area contributed by atoms with E-state index in [9.17, 15) is 31.2 Å². The van der Waals surface area contributed by atoms with Crippen molar-refractivity contribution in [2.45, 2.75) is 5.51 Å². The SMILES string of the molecule is COC(=O)c1cccc(C(=O)NCCN(C)C)c1OS(=O)(=O)C(F)(F)F. The van der Waals surface area contributed by atoms with Crippen molar-refractivity contribution in [3.05, 3.63) is 29.3 Å². The summed E-state index contributed by atoms with van der Waals surface area (Å²) < 4.78 is 69.0. The lowest BCUT2D eigenvalue weighted by atomic mass is 10.1. The van der Waals surface area contributed by atoms with Crippen molar-refractivity contribution in [3.8, 4) is 5.75 Å². The number of nitrogens with zero attached hydrogens (tertiary/aromatic N) is 1. The van der Waals surface area contributed by atoms with E-state index in [0.717, 1.165) is 19.2 Å². The third-order valence-corrected chi connectivity index (χ3v) is 3.94. The van der Waals surface area contributed by atoms with Crippen LogP contribution in [0.3, 0.4) is 0 Å². The van der Waals surface area contributed by atoms with Gasteiger partial charge in [-0.05, 0) is 26.2 Å². The van der Waals surface area contributed by atoms with Crippen molar-refractivity contribution in [1.29, 1.82) is 0 Å². The first-order valence-electron chi connectivity index (χ1n) is 7.05. The minimum atomic E-state index is -6.10. The molecule has 1 aromatic rings. The van der Waals surface area contributed by atoms with Crippen LogP contribution < -0.4 is 9.50 Å². The molecule has 0 radical (unpaired) electrons. The Bertz CT molecular complexity index is 777. The number of alkyl halides is 3. The Labute approximate surface area is 148 Å². The van der Waals surface area contributed by atoms with E-state index in [1.165, 1.54) is 6.07 Å². The lowest BCUT2D eigenvalue weighted by Gasteiger charge is -2.16. The Balaban J connectivity index is 3.34. The van der Waals surface area contributed by atoms with Crippen molar-refractivity contribution in [2.75, 3.05) is 34.3 Å². The first kappa shape index (κ1) is 21.7. The maximum atomic E-state index is 12.6. The Kier molecular flexibility index (Phi) is 6.98. The highest BCUT2D eigenvalue weighted by molar-refractivity contribution is 7.88. The molecule has 0 saturated carbocycles. The van der Waals surface area contributed by atoms with Gasteiger partial charge in [-0.25, -0.2) is 4.79 Å². The van der Waals surface area contributed by atoms with Gasteiger partial charge in [0.25, 0.3) is 5.91 Å². The van der Waals surface area contributed by atoms with Crippen molar-refractivity contribution in [1.82, 2.24) is 10.2 Å². The van der Waals surface area contributed by atoms with Gasteiger partial charge in [0.05, 0.1) is 12.7 Å². The van der Waals surface area contributed by atoms with Crippen molar-refractivity contribution in [2.24, 2.45) is 0 Å². The molecule has 1 N–H and O–H groups in total. The number of ether oxygens (including phenoxy) is 1. The van der Waals surface area contributed by atoms with Crippen LogP contribution in [0.2, 0.25) is 0 Å². The van der Waals surface area contributed by atoms with Gasteiger partial charge in [0.1, 0.15) is 5.56 Å². The van der Waals surface area contributed by atoms with Gasteiger partial charge in [-0.3, -0.25) is 4.79 Å². The van der Waals surface area contributed by atoms with E-state index in [-0.39, 0.29) is 6.54 Å². The highest BCUT2D eigenvalue weighted by Gasteiger charge is 2.49. The van der Waals surface area contributed by atoms with Crippen LogP contribution in [0.1, 0.15) is 20.7 Å². The number of hydrogen-bond acceptors (Lipinski definition) is 7. The molecular formula is C14H17F3N2O6S. The van der Waals surface area contributed by atoms with Gasteiger partial charge < -0.3 is 19.1 Å². The molecule has 0 aliphatic carbocycles. The van der Waals surface area contributed by atoms with E-state index in [2.05, 4.69) is 14.2 Å². The van der Waals surface area contributed by atoms with Crippen LogP contribution in [0.5, 0.6) is 5.75 Å². The Hall–Kier alpha value is -2.34. The molecule has 0 aromatic heterocycles. The van der Waals surface area contributed by atoms with Crippen LogP contribution in [-0.2, 0) is 14.9 Å². The standard InChI is InChI=1S/C14H17F3N2O6S/c1-19(2)8-7-18-12(20)9-5-4-6-10(13(21)24-3)11(9)25-26(22,23)14(15,16)17/h4-6H,7-8H2,1-3H3,(H,18,20). The average Bonchev–Trinajstić information content (AvgIpc) is 2.52. The summed E-state index contributed by atoms with van der Waals surface area (Å²) >= 11 is 0. The highest BCUT2D eigenvalue weighted by Crippen LogP contribution is 2.32. The number of para-hydroxylation sites is 1. The van der Waals surface area contributed by atoms with E-state index in [1.807, 2.05) is 0 Å². The largest absolute Gasteiger partial charge is 0.534 e. The molecule has 0 fully saturated rings. The van der Waals surface area contributed by atoms with E-state index in [4.69, 9.17) is 0 Å². The molecule has 1 amide bonds. The molecule has 0 bridgehead atoms. The van der Waals surface area contributed by atoms with Crippen LogP contribution in [0.4, 0.5) is 13.2 Å². The molecular weight excluding hydrogens is 381 g/mol. The fourth-order valence-electron chi connectivity index (χ4n) is 1.72. The summed E-state index contributed by atoms with van der Waals surface area (Å²) in [5, 5.41) is 2.39. The Morgan fingerprint density at radius 3 is 2.27 bits per heavy atom. The molecule has 1 rings (SSSR count). The second kappa shape index (κ2) is 8.36. The number of amides is 1. The number of esters is 1. The summed E-state index contributed by atoms with van der Waals surface area (Å²) in [4.78, 5) is 25.7. The molecule has 8 nitrogen and oxygen atoms in total. The fraction of sp³-hybridized carbons (Fsp3) is 0.429. The predicted molar refractivity (Wildman–Crippen MR) is 84.3 cm³/mol. The van der Waals surface area contributed by atoms with Crippen LogP contribution in [0.25, 0.3) is 0 Å². The molecule has 0 aliphatic rings. The lowest BCUT2D eigenvalue weighted by Crippen LogP contribution is -2.33. The number of methoxy groups -OCH3 is 1. The molecule has 146 valence electrons. The molecule has 0 spiro atoms. The zero-order valence-electron chi connectivity index (χ0n) is 14.1. The zero-order chi connectivity index (χ0) is 20.1. The van der Waals surface area contributed by atoms with Crippen LogP contribution >= 0.6 is 0 Å². The van der Waals surface area contributed by atoms with Gasteiger partial charge in [0.2, 0.25) is 0 Å². The first-order valence-corrected chi connectivity index (χ1v) is 8.46. The Morgan fingerprint density at radius 1 is 1.19 bits per heavy atom. The molecule has 0 aliphatic heterocycles. The topological polar surface area (TPSA) is 102 Å². The molecule has 26 heavy (non-hydrogen) atoms. The second-order valence-corrected chi connectivity index (χ2v) is 6.75. The number of hydrogen-bond donors (Lipinski definition) is 1. The summed E-state index contributed by atoms with van der Waals surface area (Å²) in [7, 11) is -1.70. The van der Waals surface area contributed by atoms with Gasteiger partial charge in [0.15, 0.2) is 5.75 Å².